The van der Waals surface area contributed by atoms with Crippen LogP contribution in [0.5, 0.6) is 11.5 Å². The second kappa shape index (κ2) is 31.2. The monoisotopic (exact) mass is 1400 g/mol. The minimum atomic E-state index is -0.169. The Kier molecular flexibility index (Phi) is 20.6. The zero-order chi connectivity index (χ0) is 69.6. The standard InChI is InChI=1S/C20H18N4O2.C20H18N4O.C19H15BrN4O.C19H16N4O2/c1-26-15-7-4-6-14(12-15)22-19(25)13-24-18-10-3-2-8-16(18)23-20(24)17-9-5-11-21-17;1-14-8-10-15(11-9-14)22-19(25)13-24-18-7-3-2-5-16(18)23-20(24)17-6-4-12-21-17;20-13-7-9-14(10-8-13)22-18(25)12-24-17-6-2-1-4-15(17)23-19(24)16-5-3-11-21-16;24-14-9-7-13(8-10-14)21-18(25)12-23-17-6-2-1-4-15(17)22-19(23)16-5-3-11-20-16/h2-4,6-12H,5,13H2,1H3,(H,22,25);2-3,5-12H,4,13H2,1H3,(H,22,25);1-2,4-11H,3,12H2,(H,22,25);1-2,4-11,24H,3,12H2,(H,21,25). The Morgan fingerprint density at radius 2 is 0.703 bits per heavy atom. The third kappa shape index (κ3) is 16.3. The number of nitrogens with one attached hydrogen (secondary N) is 4. The first-order valence-corrected chi connectivity index (χ1v) is 33.3. The molecule has 0 aliphatic carbocycles. The quantitative estimate of drug-likeness (QED) is 0.0538. The lowest BCUT2D eigenvalue weighted by Gasteiger charge is -2.10. The van der Waals surface area contributed by atoms with Gasteiger partial charge in [0.15, 0.2) is 23.3 Å². The molecule has 101 heavy (non-hydrogen) atoms. The number of imidazole rings is 4. The van der Waals surface area contributed by atoms with Crippen molar-refractivity contribution in [2.24, 2.45) is 20.0 Å². The number of fused-ring (bicyclic) bond motifs is 4. The highest BCUT2D eigenvalue weighted by atomic mass is 79.9. The summed E-state index contributed by atoms with van der Waals surface area (Å²) >= 11 is 3.39. The largest absolute Gasteiger partial charge is 0.508 e. The van der Waals surface area contributed by atoms with Gasteiger partial charge in [-0.05, 0) is 153 Å². The Bertz CT molecular complexity index is 4970. The van der Waals surface area contributed by atoms with Gasteiger partial charge in [0.05, 0.1) is 51.2 Å². The maximum absolute atomic E-state index is 12.6. The molecule has 8 aromatic carbocycles. The molecule has 16 rings (SSSR count). The van der Waals surface area contributed by atoms with Crippen molar-refractivity contribution in [2.75, 3.05) is 28.4 Å². The van der Waals surface area contributed by atoms with Crippen LogP contribution >= 0.6 is 15.9 Å². The van der Waals surface area contributed by atoms with Crippen LogP contribution in [0.4, 0.5) is 22.7 Å². The first-order valence-electron chi connectivity index (χ1n) is 32.5. The van der Waals surface area contributed by atoms with Gasteiger partial charge in [-0.25, -0.2) is 19.9 Å². The molecule has 22 nitrogen and oxygen atoms in total. The summed E-state index contributed by atoms with van der Waals surface area (Å²) in [5.41, 5.74) is 14.3. The van der Waals surface area contributed by atoms with Crippen molar-refractivity contribution in [2.45, 2.75) is 58.8 Å². The molecule has 0 unspecified atom stereocenters. The number of rotatable bonds is 17. The molecular formula is C78H67BrN16O6. The number of anilines is 4. The summed E-state index contributed by atoms with van der Waals surface area (Å²) < 4.78 is 13.8. The fraction of sp³-hybridized carbons (Fsp3) is 0.128. The lowest BCUT2D eigenvalue weighted by atomic mass is 10.2. The minimum absolute atomic E-state index is 0.0872. The van der Waals surface area contributed by atoms with E-state index in [9.17, 15) is 24.3 Å². The number of amides is 4. The molecule has 23 heteroatoms. The number of hydrogen-bond donors (Lipinski definition) is 5. The van der Waals surface area contributed by atoms with Gasteiger partial charge < -0.3 is 49.4 Å². The van der Waals surface area contributed by atoms with E-state index in [1.807, 2.05) is 238 Å². The molecule has 4 aliphatic rings. The highest BCUT2D eigenvalue weighted by molar-refractivity contribution is 9.10. The van der Waals surface area contributed by atoms with Gasteiger partial charge >= 0.3 is 0 Å². The summed E-state index contributed by atoms with van der Waals surface area (Å²) in [5, 5.41) is 20.9. The Labute approximate surface area is 588 Å². The van der Waals surface area contributed by atoms with Gasteiger partial charge in [-0.2, -0.15) is 0 Å². The lowest BCUT2D eigenvalue weighted by Crippen LogP contribution is -2.20. The number of benzene rings is 8. The van der Waals surface area contributed by atoms with Crippen molar-refractivity contribution in [3.8, 4) is 11.5 Å². The lowest BCUT2D eigenvalue weighted by molar-refractivity contribution is -0.117. The van der Waals surface area contributed by atoms with Crippen LogP contribution in [0.15, 0.2) is 243 Å². The number of aromatic nitrogens is 8. The molecule has 0 spiro atoms. The fourth-order valence-corrected chi connectivity index (χ4v) is 11.8. The average Bonchev–Trinajstić information content (AvgIpc) is 1.68. The molecule has 8 heterocycles. The van der Waals surface area contributed by atoms with Crippen LogP contribution in [0, 0.1) is 6.92 Å². The van der Waals surface area contributed by atoms with Crippen molar-refractivity contribution in [3.63, 3.8) is 0 Å². The zero-order valence-corrected chi connectivity index (χ0v) is 56.6. The molecule has 502 valence electrons. The number of hydrogen-bond acceptors (Lipinski definition) is 14. The first-order chi connectivity index (χ1) is 49.4. The molecule has 4 aromatic heterocycles. The maximum atomic E-state index is 12.6. The van der Waals surface area contributed by atoms with Crippen molar-refractivity contribution in [1.29, 1.82) is 0 Å². The van der Waals surface area contributed by atoms with Crippen LogP contribution in [-0.2, 0) is 45.4 Å². The number of phenolic OH excluding ortho intramolecular Hbond substituents is 1. The van der Waals surface area contributed by atoms with E-state index in [0.29, 0.717) is 28.8 Å². The normalized spacial score (nSPS) is 13.2. The number of carbonyl (C=O) groups is 4. The van der Waals surface area contributed by atoms with Crippen molar-refractivity contribution >= 4 is 154 Å². The van der Waals surface area contributed by atoms with Crippen LogP contribution in [0.25, 0.3) is 66.9 Å². The number of aliphatic imine (C=N–C) groups is 4. The summed E-state index contributed by atoms with van der Waals surface area (Å²) in [6, 6.07) is 60.1. The van der Waals surface area contributed by atoms with Crippen molar-refractivity contribution in [1.82, 2.24) is 38.2 Å². The number of para-hydroxylation sites is 8. The van der Waals surface area contributed by atoms with Gasteiger partial charge in [-0.3, -0.25) is 39.1 Å². The predicted octanol–water partition coefficient (Wildman–Crippen LogP) is 14.7. The van der Waals surface area contributed by atoms with Gasteiger partial charge in [0.2, 0.25) is 23.6 Å². The molecule has 4 amide bonds. The number of aryl methyl sites for hydroxylation is 1. The molecular weight excluding hydrogens is 1340 g/mol. The van der Waals surface area contributed by atoms with Crippen LogP contribution in [0.2, 0.25) is 0 Å². The van der Waals surface area contributed by atoms with E-state index in [-0.39, 0.29) is 55.6 Å². The van der Waals surface area contributed by atoms with Gasteiger partial charge in [-0.15, -0.1) is 0 Å². The zero-order valence-electron chi connectivity index (χ0n) is 55.0. The Hall–Kier alpha value is -12.8. The van der Waals surface area contributed by atoms with Crippen molar-refractivity contribution < 1.29 is 29.0 Å². The molecule has 4 aliphatic heterocycles. The smallest absolute Gasteiger partial charge is 0.244 e. The minimum Gasteiger partial charge on any atom is -0.508 e. The number of nitrogens with zero attached hydrogens (tertiary/aromatic N) is 12. The van der Waals surface area contributed by atoms with E-state index in [0.717, 1.165) is 126 Å². The highest BCUT2D eigenvalue weighted by Gasteiger charge is 2.23. The number of aromatic hydroxyl groups is 1. The molecule has 0 bridgehead atoms. The second-order valence-corrected chi connectivity index (χ2v) is 24.3. The summed E-state index contributed by atoms with van der Waals surface area (Å²) in [6.07, 6.45) is 18.6. The van der Waals surface area contributed by atoms with Crippen LogP contribution in [-0.4, -0.2) is 98.9 Å². The van der Waals surface area contributed by atoms with Gasteiger partial charge in [-0.1, -0.05) is 88.2 Å². The Morgan fingerprint density at radius 1 is 0.396 bits per heavy atom. The summed E-state index contributed by atoms with van der Waals surface area (Å²) in [6.45, 7) is 2.67. The highest BCUT2D eigenvalue weighted by Crippen LogP contribution is 2.30. The van der Waals surface area contributed by atoms with E-state index < -0.39 is 0 Å². The van der Waals surface area contributed by atoms with E-state index in [1.54, 1.807) is 25.3 Å². The molecule has 12 aromatic rings. The summed E-state index contributed by atoms with van der Waals surface area (Å²) in [7, 11) is 1.60. The van der Waals surface area contributed by atoms with E-state index >= 15 is 0 Å². The summed E-state index contributed by atoms with van der Waals surface area (Å²) in [5.74, 6) is 3.22. The number of phenols is 1. The SMILES string of the molecule is COc1cccc(NC(=O)Cn2c(C3=CCC=N3)nc3ccccc32)c1.Cc1ccc(NC(=O)Cn2c(C3=CCC=N3)nc3ccccc32)cc1.O=C(Cn1c(C2=CCC=N2)nc2ccccc21)Nc1ccc(Br)cc1.O=C(Cn1c(C2=CCC=N2)nc2ccccc21)Nc1ccc(O)cc1. The van der Waals surface area contributed by atoms with Gasteiger partial charge in [0.25, 0.3) is 0 Å². The maximum Gasteiger partial charge on any atom is 0.244 e. The van der Waals surface area contributed by atoms with Crippen LogP contribution < -0.4 is 26.0 Å². The third-order valence-electron chi connectivity index (χ3n) is 16.3. The molecule has 0 saturated heterocycles. The Balaban J connectivity index is 0.000000120. The molecule has 0 atom stereocenters. The molecule has 0 fully saturated rings. The summed E-state index contributed by atoms with van der Waals surface area (Å²) in [4.78, 5) is 86.4. The fourth-order valence-electron chi connectivity index (χ4n) is 11.6. The number of methoxy groups -OCH3 is 1. The number of ether oxygens (including phenoxy) is 1. The molecule has 5 N–H and O–H groups in total. The second-order valence-electron chi connectivity index (χ2n) is 23.4. The molecule has 0 radical (unpaired) electrons. The van der Waals surface area contributed by atoms with Crippen LogP contribution in [0.3, 0.4) is 0 Å². The Morgan fingerprint density at radius 3 is 1.02 bits per heavy atom. The van der Waals surface area contributed by atoms with E-state index in [1.165, 1.54) is 12.1 Å². The van der Waals surface area contributed by atoms with Gasteiger partial charge in [0, 0.05) is 83.8 Å². The topological polar surface area (TPSA) is 267 Å². The molecule has 0 saturated carbocycles. The van der Waals surface area contributed by atoms with Gasteiger partial charge in [0.1, 0.15) is 60.5 Å². The first kappa shape index (κ1) is 66.8. The van der Waals surface area contributed by atoms with E-state index in [4.69, 9.17) is 4.74 Å². The number of carbonyl (C=O) groups excluding carboxylic acids is 4. The number of halogens is 1. The predicted molar refractivity (Wildman–Crippen MR) is 404 cm³/mol. The van der Waals surface area contributed by atoms with Crippen molar-refractivity contribution in [3.05, 3.63) is 252 Å². The van der Waals surface area contributed by atoms with Crippen LogP contribution in [0.1, 0.15) is 54.5 Å². The number of allylic oxidation sites excluding steroid dienone is 4. The van der Waals surface area contributed by atoms with E-state index in [2.05, 4.69) is 77.1 Å². The third-order valence-corrected chi connectivity index (χ3v) is 16.8. The average molecular weight is 1400 g/mol.